The van der Waals surface area contributed by atoms with Crippen LogP contribution in [0.2, 0.25) is 5.02 Å². The summed E-state index contributed by atoms with van der Waals surface area (Å²) in [6.45, 7) is 2.98. The average molecular weight is 356 g/mol. The van der Waals surface area contributed by atoms with Gasteiger partial charge in [0.15, 0.2) is 0 Å². The molecule has 0 fully saturated rings. The minimum atomic E-state index is -0.0776. The summed E-state index contributed by atoms with van der Waals surface area (Å²) in [5, 5.41) is 4.03. The Morgan fingerprint density at radius 2 is 2.15 bits per heavy atom. The van der Waals surface area contributed by atoms with E-state index in [9.17, 15) is 0 Å². The molecule has 0 amide bonds. The number of anilines is 1. The van der Waals surface area contributed by atoms with Crippen LogP contribution in [0.3, 0.4) is 0 Å². The van der Waals surface area contributed by atoms with Crippen molar-refractivity contribution in [3.8, 4) is 0 Å². The van der Waals surface area contributed by atoms with Crippen molar-refractivity contribution in [2.75, 3.05) is 12.3 Å². The molecule has 4 nitrogen and oxygen atoms in total. The van der Waals surface area contributed by atoms with Gasteiger partial charge in [0.25, 0.3) is 0 Å². The second-order valence-electron chi connectivity index (χ2n) is 4.45. The van der Waals surface area contributed by atoms with Gasteiger partial charge in [0.05, 0.1) is 11.1 Å². The average Bonchev–Trinajstić information content (AvgIpc) is 2.43. The number of nitrogens with two attached hydrogens (primary N) is 1. The number of hydrogen-bond acceptors (Lipinski definition) is 4. The van der Waals surface area contributed by atoms with Crippen LogP contribution in [0.4, 0.5) is 5.82 Å². The van der Waals surface area contributed by atoms with E-state index in [4.69, 9.17) is 17.3 Å². The predicted octanol–water partition coefficient (Wildman–Crippen LogP) is 3.56. The van der Waals surface area contributed by atoms with Crippen LogP contribution in [0, 0.1) is 0 Å². The van der Waals surface area contributed by atoms with E-state index >= 15 is 0 Å². The van der Waals surface area contributed by atoms with Crippen molar-refractivity contribution >= 4 is 33.3 Å². The van der Waals surface area contributed by atoms with Crippen LogP contribution >= 0.6 is 27.5 Å². The van der Waals surface area contributed by atoms with Crippen LogP contribution in [-0.4, -0.2) is 16.5 Å². The summed E-state index contributed by atoms with van der Waals surface area (Å²) in [4.78, 5) is 8.34. The molecule has 0 saturated carbocycles. The third-order valence-electron chi connectivity index (χ3n) is 2.88. The summed E-state index contributed by atoms with van der Waals surface area (Å²) >= 11 is 9.48. The Morgan fingerprint density at radius 1 is 1.35 bits per heavy atom. The Balaban J connectivity index is 2.44. The van der Waals surface area contributed by atoms with Gasteiger partial charge in [-0.25, -0.2) is 4.98 Å². The SMILES string of the molecule is CCCNC(c1cncc(Br)c1)c1cc(Cl)cnc1N. The highest BCUT2D eigenvalue weighted by Gasteiger charge is 2.18. The highest BCUT2D eigenvalue weighted by Crippen LogP contribution is 2.28. The standard InChI is InChI=1S/C14H16BrClN4/c1-2-3-19-13(9-4-10(15)7-18-6-9)12-5-11(16)8-20-14(12)17/h4-8,13,19H,2-3H2,1H3,(H2,17,20). The molecule has 0 aliphatic heterocycles. The number of halogens is 2. The van der Waals surface area contributed by atoms with E-state index in [0.717, 1.165) is 28.6 Å². The maximum atomic E-state index is 6.04. The zero-order chi connectivity index (χ0) is 14.5. The predicted molar refractivity (Wildman–Crippen MR) is 85.7 cm³/mol. The molecule has 0 radical (unpaired) electrons. The Morgan fingerprint density at radius 3 is 2.85 bits per heavy atom. The molecule has 0 bridgehead atoms. The first-order valence-electron chi connectivity index (χ1n) is 6.36. The summed E-state index contributed by atoms with van der Waals surface area (Å²) in [6.07, 6.45) is 6.14. The Hall–Kier alpha value is -1.17. The summed E-state index contributed by atoms with van der Waals surface area (Å²) in [5.74, 6) is 0.475. The molecule has 20 heavy (non-hydrogen) atoms. The van der Waals surface area contributed by atoms with E-state index in [2.05, 4.69) is 38.1 Å². The molecule has 1 atom stereocenters. The first kappa shape index (κ1) is 15.2. The van der Waals surface area contributed by atoms with E-state index < -0.39 is 0 Å². The van der Waals surface area contributed by atoms with Crippen molar-refractivity contribution in [2.45, 2.75) is 19.4 Å². The molecule has 2 aromatic heterocycles. The minimum absolute atomic E-state index is 0.0776. The topological polar surface area (TPSA) is 63.8 Å². The number of pyridine rings is 2. The number of rotatable bonds is 5. The normalized spacial score (nSPS) is 12.3. The zero-order valence-electron chi connectivity index (χ0n) is 11.1. The van der Waals surface area contributed by atoms with Crippen LogP contribution in [-0.2, 0) is 0 Å². The van der Waals surface area contributed by atoms with Gasteiger partial charge in [-0.2, -0.15) is 0 Å². The summed E-state index contributed by atoms with van der Waals surface area (Å²) in [5.41, 5.74) is 7.88. The fraction of sp³-hybridized carbons (Fsp3) is 0.286. The Kier molecular flexibility index (Phi) is 5.34. The molecule has 0 saturated heterocycles. The molecule has 1 unspecified atom stereocenters. The lowest BCUT2D eigenvalue weighted by molar-refractivity contribution is 0.597. The fourth-order valence-electron chi connectivity index (χ4n) is 1.98. The molecule has 2 aromatic rings. The Labute approximate surface area is 131 Å². The Bertz CT molecular complexity index is 591. The van der Waals surface area contributed by atoms with E-state index in [-0.39, 0.29) is 6.04 Å². The number of hydrogen-bond donors (Lipinski definition) is 2. The molecular formula is C14H16BrClN4. The van der Waals surface area contributed by atoms with Crippen LogP contribution in [0.1, 0.15) is 30.5 Å². The second-order valence-corrected chi connectivity index (χ2v) is 5.80. The van der Waals surface area contributed by atoms with Gasteiger partial charge in [0, 0.05) is 28.6 Å². The third-order valence-corrected chi connectivity index (χ3v) is 3.53. The van der Waals surface area contributed by atoms with Gasteiger partial charge < -0.3 is 11.1 Å². The monoisotopic (exact) mass is 354 g/mol. The molecular weight excluding hydrogens is 340 g/mol. The largest absolute Gasteiger partial charge is 0.383 e. The van der Waals surface area contributed by atoms with Gasteiger partial charge in [0.1, 0.15) is 5.82 Å². The smallest absolute Gasteiger partial charge is 0.128 e. The highest BCUT2D eigenvalue weighted by atomic mass is 79.9. The highest BCUT2D eigenvalue weighted by molar-refractivity contribution is 9.10. The first-order valence-corrected chi connectivity index (χ1v) is 7.53. The number of nitrogens with zero attached hydrogens (tertiary/aromatic N) is 2. The molecule has 3 N–H and O–H groups in total. The van der Waals surface area contributed by atoms with E-state index in [0.29, 0.717) is 10.8 Å². The van der Waals surface area contributed by atoms with Gasteiger partial charge in [-0.1, -0.05) is 18.5 Å². The quantitative estimate of drug-likeness (QED) is 0.860. The molecule has 0 aliphatic rings. The zero-order valence-corrected chi connectivity index (χ0v) is 13.4. The summed E-state index contributed by atoms with van der Waals surface area (Å²) in [6, 6.07) is 3.78. The van der Waals surface area contributed by atoms with Crippen molar-refractivity contribution in [1.82, 2.24) is 15.3 Å². The van der Waals surface area contributed by atoms with Crippen LogP contribution in [0.25, 0.3) is 0 Å². The van der Waals surface area contributed by atoms with Crippen molar-refractivity contribution in [3.05, 3.63) is 51.3 Å². The summed E-state index contributed by atoms with van der Waals surface area (Å²) in [7, 11) is 0. The molecule has 6 heteroatoms. The molecule has 106 valence electrons. The lowest BCUT2D eigenvalue weighted by Crippen LogP contribution is -2.24. The lowest BCUT2D eigenvalue weighted by Gasteiger charge is -2.20. The van der Waals surface area contributed by atoms with Crippen LogP contribution in [0.15, 0.2) is 35.2 Å². The van der Waals surface area contributed by atoms with E-state index in [1.54, 1.807) is 12.4 Å². The number of aromatic nitrogens is 2. The van der Waals surface area contributed by atoms with Gasteiger partial charge >= 0.3 is 0 Å². The van der Waals surface area contributed by atoms with E-state index in [1.807, 2.05) is 18.3 Å². The number of nitrogens with one attached hydrogen (secondary N) is 1. The van der Waals surface area contributed by atoms with Gasteiger partial charge in [-0.15, -0.1) is 0 Å². The lowest BCUT2D eigenvalue weighted by atomic mass is 10.0. The maximum Gasteiger partial charge on any atom is 0.128 e. The van der Waals surface area contributed by atoms with Gasteiger partial charge in [0.2, 0.25) is 0 Å². The molecule has 0 spiro atoms. The third kappa shape index (κ3) is 3.69. The van der Waals surface area contributed by atoms with Crippen molar-refractivity contribution in [2.24, 2.45) is 0 Å². The minimum Gasteiger partial charge on any atom is -0.383 e. The van der Waals surface area contributed by atoms with E-state index in [1.165, 1.54) is 0 Å². The molecule has 2 heterocycles. The van der Waals surface area contributed by atoms with Crippen molar-refractivity contribution in [1.29, 1.82) is 0 Å². The molecule has 0 aromatic carbocycles. The maximum absolute atomic E-state index is 6.04. The van der Waals surface area contributed by atoms with Gasteiger partial charge in [-0.05, 0) is 46.6 Å². The van der Waals surface area contributed by atoms with Gasteiger partial charge in [-0.3, -0.25) is 4.98 Å². The van der Waals surface area contributed by atoms with Crippen molar-refractivity contribution < 1.29 is 0 Å². The summed E-state index contributed by atoms with van der Waals surface area (Å²) < 4.78 is 0.923. The molecule has 2 rings (SSSR count). The second kappa shape index (κ2) is 7.02. The number of nitrogen functional groups attached to an aromatic ring is 1. The van der Waals surface area contributed by atoms with Crippen LogP contribution in [0.5, 0.6) is 0 Å². The first-order chi connectivity index (χ1) is 9.61. The van der Waals surface area contributed by atoms with Crippen LogP contribution < -0.4 is 11.1 Å². The molecule has 0 aliphatic carbocycles. The fourth-order valence-corrected chi connectivity index (χ4v) is 2.53. The van der Waals surface area contributed by atoms with Crippen molar-refractivity contribution in [3.63, 3.8) is 0 Å².